The Morgan fingerprint density at radius 1 is 1.16 bits per heavy atom. The molecule has 3 rings (SSSR count). The maximum absolute atomic E-state index is 12.8. The van der Waals surface area contributed by atoms with E-state index in [9.17, 15) is 9.59 Å². The van der Waals surface area contributed by atoms with Crippen molar-refractivity contribution in [2.75, 3.05) is 33.2 Å². The first kappa shape index (κ1) is 23.1. The molecule has 0 bridgehead atoms. The van der Waals surface area contributed by atoms with Gasteiger partial charge in [-0.25, -0.2) is 9.78 Å². The quantitative estimate of drug-likeness (QED) is 0.321. The van der Waals surface area contributed by atoms with Gasteiger partial charge >= 0.3 is 12.1 Å². The van der Waals surface area contributed by atoms with Crippen LogP contribution >= 0.6 is 0 Å². The molecule has 0 saturated carbocycles. The molecule has 0 saturated heterocycles. The monoisotopic (exact) mass is 443 g/mol. The number of carbonyl (C=O) groups is 2. The molecule has 2 amide bonds. The molecule has 3 aromatic rings. The minimum atomic E-state index is -1.57. The summed E-state index contributed by atoms with van der Waals surface area (Å²) in [6, 6.07) is 8.55. The molecule has 0 radical (unpaired) electrons. The molecule has 2 heterocycles. The summed E-state index contributed by atoms with van der Waals surface area (Å²) in [5, 5.41) is 13.9. The molecule has 11 nitrogen and oxygen atoms in total. The van der Waals surface area contributed by atoms with Crippen LogP contribution < -0.4 is 10.6 Å². The summed E-state index contributed by atoms with van der Waals surface area (Å²) in [5.74, 6) is -1.55. The number of amides is 2. The zero-order valence-corrected chi connectivity index (χ0v) is 18.0. The highest BCUT2D eigenvalue weighted by atomic mass is 16.9. The van der Waals surface area contributed by atoms with Crippen LogP contribution in [0.5, 0.6) is 0 Å². The number of aromatic nitrogens is 3. The third-order valence-corrected chi connectivity index (χ3v) is 4.84. The lowest BCUT2D eigenvalue weighted by atomic mass is 10.2. The number of hydrogen-bond acceptors (Lipinski definition) is 7. The van der Waals surface area contributed by atoms with Gasteiger partial charge in [0, 0.05) is 46.2 Å². The Hall–Kier alpha value is -3.54. The van der Waals surface area contributed by atoms with E-state index in [1.54, 1.807) is 47.3 Å². The molecule has 0 aliphatic heterocycles. The second-order valence-corrected chi connectivity index (χ2v) is 6.74. The summed E-state index contributed by atoms with van der Waals surface area (Å²) >= 11 is 0. The van der Waals surface area contributed by atoms with Crippen molar-refractivity contribution >= 4 is 28.7 Å². The summed E-state index contributed by atoms with van der Waals surface area (Å²) in [5.41, 5.74) is 2.23. The van der Waals surface area contributed by atoms with E-state index in [0.717, 1.165) is 0 Å². The third kappa shape index (κ3) is 4.85. The molecule has 1 aromatic carbocycles. The van der Waals surface area contributed by atoms with E-state index < -0.39 is 12.1 Å². The van der Waals surface area contributed by atoms with Crippen molar-refractivity contribution in [3.05, 3.63) is 54.1 Å². The van der Waals surface area contributed by atoms with Crippen molar-refractivity contribution in [2.45, 2.75) is 18.9 Å². The average Bonchev–Trinajstić information content (AvgIpc) is 3.17. The number of aryl methyl sites for hydroxylation is 1. The molecule has 0 atom stereocenters. The van der Waals surface area contributed by atoms with E-state index in [0.29, 0.717) is 41.1 Å². The van der Waals surface area contributed by atoms with Crippen molar-refractivity contribution < 1.29 is 28.9 Å². The summed E-state index contributed by atoms with van der Waals surface area (Å²) < 4.78 is 18.2. The van der Waals surface area contributed by atoms with Crippen LogP contribution in [0.4, 0.5) is 10.5 Å². The molecular formula is C21H25N5O6. The van der Waals surface area contributed by atoms with Crippen molar-refractivity contribution in [2.24, 2.45) is 0 Å². The van der Waals surface area contributed by atoms with Gasteiger partial charge in [0.1, 0.15) is 0 Å². The highest BCUT2D eigenvalue weighted by Crippen LogP contribution is 2.30. The lowest BCUT2D eigenvalue weighted by Gasteiger charge is -2.28. The zero-order chi connectivity index (χ0) is 23.1. The fourth-order valence-corrected chi connectivity index (χ4v) is 3.32. The SMILES string of the molecule is COC(OC)(OC)c1nc2ccc(C(=O)Nc3cccnc3)cc2n1CCCNC(=O)O. The molecule has 0 unspecified atom stereocenters. The minimum Gasteiger partial charge on any atom is -0.465 e. The number of fused-ring (bicyclic) bond motifs is 1. The van der Waals surface area contributed by atoms with Crippen LogP contribution in [0.1, 0.15) is 22.6 Å². The van der Waals surface area contributed by atoms with E-state index in [-0.39, 0.29) is 12.5 Å². The Bertz CT molecular complexity index is 1070. The van der Waals surface area contributed by atoms with Crippen LogP contribution in [0.2, 0.25) is 0 Å². The Labute approximate surface area is 184 Å². The molecular weight excluding hydrogens is 418 g/mol. The fourth-order valence-electron chi connectivity index (χ4n) is 3.32. The van der Waals surface area contributed by atoms with Gasteiger partial charge in [-0.15, -0.1) is 0 Å². The lowest BCUT2D eigenvalue weighted by molar-refractivity contribution is -0.369. The average molecular weight is 443 g/mol. The molecule has 2 aromatic heterocycles. The van der Waals surface area contributed by atoms with E-state index >= 15 is 0 Å². The van der Waals surface area contributed by atoms with Crippen LogP contribution in [0.3, 0.4) is 0 Å². The zero-order valence-electron chi connectivity index (χ0n) is 18.0. The number of hydrogen-bond donors (Lipinski definition) is 3. The van der Waals surface area contributed by atoms with Crippen LogP contribution in [0.25, 0.3) is 11.0 Å². The smallest absolute Gasteiger partial charge is 0.404 e. The molecule has 0 aliphatic carbocycles. The van der Waals surface area contributed by atoms with Crippen molar-refractivity contribution in [1.82, 2.24) is 19.9 Å². The largest absolute Gasteiger partial charge is 0.465 e. The first-order valence-electron chi connectivity index (χ1n) is 9.78. The fraction of sp³-hybridized carbons (Fsp3) is 0.333. The number of benzene rings is 1. The maximum Gasteiger partial charge on any atom is 0.404 e. The second-order valence-electron chi connectivity index (χ2n) is 6.74. The van der Waals surface area contributed by atoms with Gasteiger partial charge in [-0.05, 0) is 36.8 Å². The Balaban J connectivity index is 2.00. The summed E-state index contributed by atoms with van der Waals surface area (Å²) in [4.78, 5) is 32.1. The Morgan fingerprint density at radius 3 is 2.53 bits per heavy atom. The maximum atomic E-state index is 12.8. The first-order valence-corrected chi connectivity index (χ1v) is 9.78. The van der Waals surface area contributed by atoms with Gasteiger partial charge in [-0.1, -0.05) is 0 Å². The van der Waals surface area contributed by atoms with E-state index in [1.807, 2.05) is 0 Å². The van der Waals surface area contributed by atoms with Crippen molar-refractivity contribution in [3.63, 3.8) is 0 Å². The van der Waals surface area contributed by atoms with Gasteiger partial charge in [-0.3, -0.25) is 9.78 Å². The number of nitrogens with zero attached hydrogens (tertiary/aromatic N) is 3. The first-order chi connectivity index (χ1) is 15.4. The summed E-state index contributed by atoms with van der Waals surface area (Å²) in [6.45, 7) is 0.604. The number of ether oxygens (including phenoxy) is 3. The van der Waals surface area contributed by atoms with Gasteiger partial charge in [-0.2, -0.15) is 0 Å². The van der Waals surface area contributed by atoms with E-state index in [4.69, 9.17) is 19.3 Å². The molecule has 3 N–H and O–H groups in total. The van der Waals surface area contributed by atoms with Crippen LogP contribution in [0.15, 0.2) is 42.7 Å². The van der Waals surface area contributed by atoms with Crippen molar-refractivity contribution in [3.8, 4) is 0 Å². The van der Waals surface area contributed by atoms with Crippen LogP contribution in [-0.4, -0.2) is 59.5 Å². The van der Waals surface area contributed by atoms with Gasteiger partial charge in [0.05, 0.1) is 22.9 Å². The number of anilines is 1. The molecule has 32 heavy (non-hydrogen) atoms. The number of rotatable bonds is 10. The molecule has 11 heteroatoms. The predicted molar refractivity (Wildman–Crippen MR) is 115 cm³/mol. The van der Waals surface area contributed by atoms with Gasteiger partial charge in [0.2, 0.25) is 5.82 Å². The Morgan fingerprint density at radius 2 is 1.91 bits per heavy atom. The standard InChI is InChI=1S/C21H25N5O6/c1-30-21(31-2,32-3)19-25-16-8-7-14(18(27)24-15-6-4-9-22-13-15)12-17(16)26(19)11-5-10-23-20(28)29/h4,6-9,12-13,23H,5,10-11H2,1-3H3,(H,24,27)(H,28,29). The second kappa shape index (κ2) is 10.2. The topological polar surface area (TPSA) is 137 Å². The summed E-state index contributed by atoms with van der Waals surface area (Å²) in [7, 11) is 4.28. The molecule has 0 aliphatic rings. The van der Waals surface area contributed by atoms with Crippen LogP contribution in [0, 0.1) is 0 Å². The molecule has 0 spiro atoms. The summed E-state index contributed by atoms with van der Waals surface area (Å²) in [6.07, 6.45) is 2.53. The van der Waals surface area contributed by atoms with E-state index in [2.05, 4.69) is 20.6 Å². The normalized spacial score (nSPS) is 11.5. The van der Waals surface area contributed by atoms with Crippen LogP contribution in [-0.2, 0) is 26.7 Å². The lowest BCUT2D eigenvalue weighted by Crippen LogP contribution is -2.36. The predicted octanol–water partition coefficient (Wildman–Crippen LogP) is 2.39. The van der Waals surface area contributed by atoms with Gasteiger partial charge in [0.25, 0.3) is 5.91 Å². The van der Waals surface area contributed by atoms with Gasteiger partial charge < -0.3 is 34.5 Å². The molecule has 0 fully saturated rings. The number of nitrogens with one attached hydrogen (secondary N) is 2. The number of pyridine rings is 1. The number of carboxylic acid groups (broad SMARTS) is 1. The minimum absolute atomic E-state index is 0.232. The Kier molecular flexibility index (Phi) is 7.36. The van der Waals surface area contributed by atoms with Gasteiger partial charge in [0.15, 0.2) is 0 Å². The highest BCUT2D eigenvalue weighted by molar-refractivity contribution is 6.05. The highest BCUT2D eigenvalue weighted by Gasteiger charge is 2.38. The third-order valence-electron chi connectivity index (χ3n) is 4.84. The number of carbonyl (C=O) groups excluding carboxylic acids is 1. The number of imidazole rings is 1. The number of methoxy groups -OCH3 is 3. The van der Waals surface area contributed by atoms with E-state index in [1.165, 1.54) is 21.3 Å². The van der Waals surface area contributed by atoms with Crippen molar-refractivity contribution in [1.29, 1.82) is 0 Å². The molecule has 170 valence electrons.